The maximum Gasteiger partial charge on any atom is 0.274 e. The maximum atomic E-state index is 12.4. The van der Waals surface area contributed by atoms with E-state index in [1.165, 1.54) is 5.56 Å². The lowest BCUT2D eigenvalue weighted by atomic mass is 10.1. The van der Waals surface area contributed by atoms with Crippen molar-refractivity contribution in [2.45, 2.75) is 13.3 Å². The van der Waals surface area contributed by atoms with Gasteiger partial charge >= 0.3 is 0 Å². The highest BCUT2D eigenvalue weighted by Crippen LogP contribution is 2.31. The number of aryl methyl sites for hydroxylation is 1. The maximum absolute atomic E-state index is 12.4. The van der Waals surface area contributed by atoms with Gasteiger partial charge in [0.15, 0.2) is 11.5 Å². The minimum absolute atomic E-state index is 0.248. The summed E-state index contributed by atoms with van der Waals surface area (Å²) in [5.41, 5.74) is 3.90. The monoisotopic (exact) mass is 377 g/mol. The molecule has 0 saturated heterocycles. The predicted octanol–water partition coefficient (Wildman–Crippen LogP) is 4.66. The number of rotatable bonds is 7. The van der Waals surface area contributed by atoms with Crippen LogP contribution >= 0.6 is 0 Å². The third-order valence-electron chi connectivity index (χ3n) is 4.29. The van der Waals surface area contributed by atoms with Gasteiger partial charge in [-0.1, -0.05) is 19.1 Å². The molecule has 1 heterocycles. The molecule has 0 fully saturated rings. The summed E-state index contributed by atoms with van der Waals surface area (Å²) in [5, 5.41) is 6.08. The Kier molecular flexibility index (Phi) is 6.11. The number of nitrogens with zero attached hydrogens (tertiary/aromatic N) is 1. The molecule has 28 heavy (non-hydrogen) atoms. The Bertz CT molecular complexity index is 938. The zero-order valence-corrected chi connectivity index (χ0v) is 16.2. The Labute approximate surface area is 164 Å². The summed E-state index contributed by atoms with van der Waals surface area (Å²) in [4.78, 5) is 16.6. The summed E-state index contributed by atoms with van der Waals surface area (Å²) in [5.74, 6) is 1.04. The van der Waals surface area contributed by atoms with Crippen LogP contribution in [0.1, 0.15) is 23.0 Å². The molecule has 0 spiro atoms. The van der Waals surface area contributed by atoms with Crippen molar-refractivity contribution in [2.24, 2.45) is 0 Å². The van der Waals surface area contributed by atoms with Crippen molar-refractivity contribution in [3.05, 3.63) is 72.1 Å². The highest BCUT2D eigenvalue weighted by Gasteiger charge is 2.09. The number of pyridine rings is 1. The average Bonchev–Trinajstić information content (AvgIpc) is 2.74. The van der Waals surface area contributed by atoms with Gasteiger partial charge in [0.05, 0.1) is 26.1 Å². The lowest BCUT2D eigenvalue weighted by Crippen LogP contribution is -2.13. The fraction of sp³-hybridized carbons (Fsp3) is 0.182. The SMILES string of the molecule is CCc1ccc(NC(=O)c2ccc(Nc3ccc(OC)c(OC)c3)cn2)cc1. The second-order valence-electron chi connectivity index (χ2n) is 6.13. The fourth-order valence-corrected chi connectivity index (χ4v) is 2.70. The molecule has 1 amide bonds. The van der Waals surface area contributed by atoms with Crippen LogP contribution in [0.15, 0.2) is 60.8 Å². The average molecular weight is 377 g/mol. The Hall–Kier alpha value is -3.54. The molecule has 1 aromatic heterocycles. The number of aromatic nitrogens is 1. The minimum atomic E-state index is -0.248. The molecule has 0 aliphatic carbocycles. The first-order chi connectivity index (χ1) is 13.6. The van der Waals surface area contributed by atoms with E-state index in [0.29, 0.717) is 17.2 Å². The topological polar surface area (TPSA) is 72.5 Å². The van der Waals surface area contributed by atoms with Crippen molar-refractivity contribution < 1.29 is 14.3 Å². The number of benzene rings is 2. The molecule has 144 valence electrons. The van der Waals surface area contributed by atoms with E-state index in [4.69, 9.17) is 9.47 Å². The van der Waals surface area contributed by atoms with Crippen molar-refractivity contribution in [2.75, 3.05) is 24.9 Å². The van der Waals surface area contributed by atoms with E-state index in [9.17, 15) is 4.79 Å². The number of carbonyl (C=O) groups excluding carboxylic acids is 1. The minimum Gasteiger partial charge on any atom is -0.493 e. The number of nitrogens with one attached hydrogen (secondary N) is 2. The van der Waals surface area contributed by atoms with Crippen molar-refractivity contribution in [3.8, 4) is 11.5 Å². The van der Waals surface area contributed by atoms with Gasteiger partial charge in [-0.3, -0.25) is 4.79 Å². The van der Waals surface area contributed by atoms with Gasteiger partial charge in [0.1, 0.15) is 5.69 Å². The van der Waals surface area contributed by atoms with E-state index in [1.807, 2.05) is 42.5 Å². The van der Waals surface area contributed by atoms with Gasteiger partial charge in [-0.2, -0.15) is 0 Å². The lowest BCUT2D eigenvalue weighted by Gasteiger charge is -2.11. The van der Waals surface area contributed by atoms with Crippen LogP contribution < -0.4 is 20.1 Å². The number of hydrogen-bond acceptors (Lipinski definition) is 5. The first-order valence-electron chi connectivity index (χ1n) is 8.98. The number of methoxy groups -OCH3 is 2. The Morgan fingerprint density at radius 1 is 0.893 bits per heavy atom. The van der Waals surface area contributed by atoms with Gasteiger partial charge in [0.2, 0.25) is 0 Å². The van der Waals surface area contributed by atoms with Gasteiger partial charge in [0.25, 0.3) is 5.91 Å². The quantitative estimate of drug-likeness (QED) is 0.627. The summed E-state index contributed by atoms with van der Waals surface area (Å²) in [6, 6.07) is 16.8. The van der Waals surface area contributed by atoms with Crippen LogP contribution in [-0.4, -0.2) is 25.1 Å². The summed E-state index contributed by atoms with van der Waals surface area (Å²) >= 11 is 0. The second kappa shape index (κ2) is 8.90. The van der Waals surface area contributed by atoms with Gasteiger partial charge < -0.3 is 20.1 Å². The zero-order chi connectivity index (χ0) is 19.9. The van der Waals surface area contributed by atoms with E-state index >= 15 is 0 Å². The molecule has 0 saturated carbocycles. The smallest absolute Gasteiger partial charge is 0.274 e. The summed E-state index contributed by atoms with van der Waals surface area (Å²) in [6.45, 7) is 2.09. The molecule has 0 aliphatic rings. The van der Waals surface area contributed by atoms with Crippen LogP contribution in [0.2, 0.25) is 0 Å². The summed E-state index contributed by atoms with van der Waals surface area (Å²) in [6.07, 6.45) is 2.58. The van der Waals surface area contributed by atoms with Gasteiger partial charge in [-0.25, -0.2) is 4.98 Å². The first-order valence-corrected chi connectivity index (χ1v) is 8.98. The zero-order valence-electron chi connectivity index (χ0n) is 16.2. The van der Waals surface area contributed by atoms with E-state index < -0.39 is 0 Å². The van der Waals surface area contributed by atoms with Crippen LogP contribution in [-0.2, 0) is 6.42 Å². The predicted molar refractivity (Wildman–Crippen MR) is 111 cm³/mol. The standard InChI is InChI=1S/C22H23N3O3/c1-4-15-5-7-16(8-6-15)25-22(26)19-11-9-18(14-23-19)24-17-10-12-20(27-2)21(13-17)28-3/h5-14,24H,4H2,1-3H3,(H,25,26). The summed E-state index contributed by atoms with van der Waals surface area (Å²) in [7, 11) is 3.18. The Morgan fingerprint density at radius 2 is 1.57 bits per heavy atom. The van der Waals surface area contributed by atoms with Crippen LogP contribution in [0.3, 0.4) is 0 Å². The van der Waals surface area contributed by atoms with Gasteiger partial charge in [-0.15, -0.1) is 0 Å². The Morgan fingerprint density at radius 3 is 2.18 bits per heavy atom. The fourth-order valence-electron chi connectivity index (χ4n) is 2.70. The summed E-state index contributed by atoms with van der Waals surface area (Å²) < 4.78 is 10.5. The number of anilines is 3. The largest absolute Gasteiger partial charge is 0.493 e. The van der Waals surface area contributed by atoms with E-state index in [-0.39, 0.29) is 5.91 Å². The number of ether oxygens (including phenoxy) is 2. The third-order valence-corrected chi connectivity index (χ3v) is 4.29. The molecule has 0 bridgehead atoms. The third kappa shape index (κ3) is 4.59. The molecular weight excluding hydrogens is 354 g/mol. The van der Waals surface area contributed by atoms with Crippen LogP contribution in [0, 0.1) is 0 Å². The van der Waals surface area contributed by atoms with Crippen LogP contribution in [0.4, 0.5) is 17.1 Å². The van der Waals surface area contributed by atoms with Crippen LogP contribution in [0.5, 0.6) is 11.5 Å². The molecule has 0 atom stereocenters. The van der Waals surface area contributed by atoms with Gasteiger partial charge in [0, 0.05) is 17.4 Å². The molecule has 0 aliphatic heterocycles. The number of carbonyl (C=O) groups is 1. The molecule has 6 heteroatoms. The Balaban J connectivity index is 1.66. The number of hydrogen-bond donors (Lipinski definition) is 2. The van der Waals surface area contributed by atoms with E-state index in [1.54, 1.807) is 32.5 Å². The molecule has 3 rings (SSSR count). The highest BCUT2D eigenvalue weighted by molar-refractivity contribution is 6.02. The van der Waals surface area contributed by atoms with Gasteiger partial charge in [-0.05, 0) is 48.4 Å². The van der Waals surface area contributed by atoms with Crippen LogP contribution in [0.25, 0.3) is 0 Å². The second-order valence-corrected chi connectivity index (χ2v) is 6.13. The van der Waals surface area contributed by atoms with Crippen molar-refractivity contribution >= 4 is 23.0 Å². The van der Waals surface area contributed by atoms with Crippen molar-refractivity contribution in [1.82, 2.24) is 4.98 Å². The normalized spacial score (nSPS) is 10.2. The highest BCUT2D eigenvalue weighted by atomic mass is 16.5. The number of amides is 1. The molecule has 0 unspecified atom stereocenters. The molecule has 3 aromatic rings. The van der Waals surface area contributed by atoms with Crippen molar-refractivity contribution in [3.63, 3.8) is 0 Å². The lowest BCUT2D eigenvalue weighted by molar-refractivity contribution is 0.102. The molecule has 0 radical (unpaired) electrons. The molecular formula is C22H23N3O3. The molecule has 2 N–H and O–H groups in total. The first kappa shape index (κ1) is 19.2. The van der Waals surface area contributed by atoms with Crippen molar-refractivity contribution in [1.29, 1.82) is 0 Å². The van der Waals surface area contributed by atoms with E-state index in [2.05, 4.69) is 22.5 Å². The van der Waals surface area contributed by atoms with E-state index in [0.717, 1.165) is 23.5 Å². The molecule has 6 nitrogen and oxygen atoms in total. The molecule has 2 aromatic carbocycles.